The van der Waals surface area contributed by atoms with Crippen LogP contribution in [0.5, 0.6) is 0 Å². The number of halogens is 2. The fraction of sp³-hybridized carbons (Fsp3) is 0.455. The molecule has 0 atom stereocenters. The van der Waals surface area contributed by atoms with Gasteiger partial charge in [0.15, 0.2) is 5.96 Å². The summed E-state index contributed by atoms with van der Waals surface area (Å²) in [6.45, 7) is 3.09. The predicted octanol–water partition coefficient (Wildman–Crippen LogP) is 4.13. The number of rotatable bonds is 5. The number of nitrogens with one attached hydrogen (secondary N) is 1. The molecule has 1 amide bonds. The van der Waals surface area contributed by atoms with E-state index < -0.39 is 0 Å². The minimum atomic E-state index is 0. The zero-order valence-corrected chi connectivity index (χ0v) is 21.0. The Balaban J connectivity index is 0.00000320. The molecule has 3 rings (SSSR count). The third kappa shape index (κ3) is 6.38. The van der Waals surface area contributed by atoms with Gasteiger partial charge >= 0.3 is 0 Å². The van der Waals surface area contributed by atoms with Gasteiger partial charge in [0.25, 0.3) is 5.91 Å². The Morgan fingerprint density at radius 1 is 1.20 bits per heavy atom. The standard InChI is InChI=1S/C22H30ClN5O.HI/c1-24-22(27(3)16-20-13-19(23)15-26(20)2)25-14-17-7-9-18(10-8-17)21(29)28-11-5-4-6-12-28;/h7-10,13,15H,4-6,11-12,14,16H2,1-3H3,(H,24,25);1H. The molecule has 2 aromatic rings. The van der Waals surface area contributed by atoms with Crippen molar-refractivity contribution in [2.45, 2.75) is 32.4 Å². The Bertz CT molecular complexity index is 859. The normalized spacial score (nSPS) is 14.3. The van der Waals surface area contributed by atoms with Gasteiger partial charge in [-0.1, -0.05) is 23.7 Å². The predicted molar refractivity (Wildman–Crippen MR) is 134 cm³/mol. The molecular weight excluding hydrogens is 513 g/mol. The van der Waals surface area contributed by atoms with Crippen molar-refractivity contribution in [3.05, 3.63) is 58.4 Å². The summed E-state index contributed by atoms with van der Waals surface area (Å²) in [5.41, 5.74) is 2.98. The number of aromatic nitrogens is 1. The SMILES string of the molecule is CN=C(NCc1ccc(C(=O)N2CCCCC2)cc1)N(C)Cc1cc(Cl)cn1C.I. The van der Waals surface area contributed by atoms with Gasteiger partial charge in [0.1, 0.15) is 0 Å². The Morgan fingerprint density at radius 3 is 2.43 bits per heavy atom. The van der Waals surface area contributed by atoms with Gasteiger partial charge in [-0.2, -0.15) is 0 Å². The van der Waals surface area contributed by atoms with Crippen molar-refractivity contribution in [2.75, 3.05) is 27.2 Å². The molecule has 0 aliphatic carbocycles. The van der Waals surface area contributed by atoms with E-state index in [1.165, 1.54) is 6.42 Å². The van der Waals surface area contributed by atoms with Crippen LogP contribution < -0.4 is 5.32 Å². The second kappa shape index (κ2) is 11.6. The number of likely N-dealkylation sites (tertiary alicyclic amines) is 1. The van der Waals surface area contributed by atoms with Crippen molar-refractivity contribution < 1.29 is 4.79 Å². The monoisotopic (exact) mass is 543 g/mol. The van der Waals surface area contributed by atoms with Crippen LogP contribution in [0.3, 0.4) is 0 Å². The highest BCUT2D eigenvalue weighted by atomic mass is 127. The molecule has 0 spiro atoms. The van der Waals surface area contributed by atoms with Gasteiger partial charge in [-0.3, -0.25) is 9.79 Å². The number of aryl methyl sites for hydroxylation is 1. The third-order valence-electron chi connectivity index (χ3n) is 5.34. The Labute approximate surface area is 201 Å². The summed E-state index contributed by atoms with van der Waals surface area (Å²) in [6, 6.07) is 9.82. The van der Waals surface area contributed by atoms with Crippen LogP contribution in [-0.4, -0.2) is 53.4 Å². The molecule has 2 heterocycles. The smallest absolute Gasteiger partial charge is 0.253 e. The summed E-state index contributed by atoms with van der Waals surface area (Å²) in [6.07, 6.45) is 5.33. The highest BCUT2D eigenvalue weighted by Gasteiger charge is 2.18. The first-order valence-corrected chi connectivity index (χ1v) is 10.5. The number of benzene rings is 1. The van der Waals surface area contributed by atoms with Gasteiger partial charge in [-0.15, -0.1) is 24.0 Å². The van der Waals surface area contributed by atoms with Crippen molar-refractivity contribution in [1.29, 1.82) is 0 Å². The van der Waals surface area contributed by atoms with Gasteiger partial charge < -0.3 is 19.7 Å². The van der Waals surface area contributed by atoms with E-state index in [9.17, 15) is 4.79 Å². The number of carbonyl (C=O) groups is 1. The third-order valence-corrected chi connectivity index (χ3v) is 5.55. The highest BCUT2D eigenvalue weighted by molar-refractivity contribution is 14.0. The quantitative estimate of drug-likeness (QED) is 0.351. The average molecular weight is 544 g/mol. The largest absolute Gasteiger partial charge is 0.352 e. The average Bonchev–Trinajstić information content (AvgIpc) is 3.05. The molecule has 0 radical (unpaired) electrons. The van der Waals surface area contributed by atoms with Crippen molar-refractivity contribution in [2.24, 2.45) is 12.0 Å². The minimum Gasteiger partial charge on any atom is -0.352 e. The number of aliphatic imine (C=N–C) groups is 1. The molecule has 1 aromatic carbocycles. The van der Waals surface area contributed by atoms with E-state index in [1.807, 2.05) is 60.1 Å². The zero-order valence-electron chi connectivity index (χ0n) is 17.9. The number of nitrogens with zero attached hydrogens (tertiary/aromatic N) is 4. The molecule has 0 saturated carbocycles. The number of hydrogen-bond donors (Lipinski definition) is 1. The Morgan fingerprint density at radius 2 is 1.87 bits per heavy atom. The van der Waals surface area contributed by atoms with E-state index in [1.54, 1.807) is 7.05 Å². The van der Waals surface area contributed by atoms with Crippen LogP contribution in [0.25, 0.3) is 0 Å². The first-order chi connectivity index (χ1) is 14.0. The van der Waals surface area contributed by atoms with E-state index in [0.717, 1.165) is 53.7 Å². The molecule has 30 heavy (non-hydrogen) atoms. The molecule has 6 nitrogen and oxygen atoms in total. The first kappa shape index (κ1) is 24.5. The molecule has 1 fully saturated rings. The fourth-order valence-corrected chi connectivity index (χ4v) is 3.92. The van der Waals surface area contributed by atoms with Crippen LogP contribution in [0, 0.1) is 0 Å². The summed E-state index contributed by atoms with van der Waals surface area (Å²) in [5.74, 6) is 0.941. The van der Waals surface area contributed by atoms with E-state index in [4.69, 9.17) is 11.6 Å². The molecule has 1 aliphatic rings. The second-order valence-corrected chi connectivity index (χ2v) is 8.00. The van der Waals surface area contributed by atoms with Gasteiger partial charge in [0, 0.05) is 58.2 Å². The van der Waals surface area contributed by atoms with Crippen LogP contribution in [0.2, 0.25) is 5.02 Å². The van der Waals surface area contributed by atoms with Crippen LogP contribution in [0.15, 0.2) is 41.5 Å². The lowest BCUT2D eigenvalue weighted by atomic mass is 10.1. The molecule has 1 aromatic heterocycles. The van der Waals surface area contributed by atoms with Crippen molar-refractivity contribution in [1.82, 2.24) is 19.7 Å². The summed E-state index contributed by atoms with van der Waals surface area (Å²) in [4.78, 5) is 21.0. The zero-order chi connectivity index (χ0) is 20.8. The number of amides is 1. The maximum atomic E-state index is 12.6. The van der Waals surface area contributed by atoms with Crippen LogP contribution in [0.4, 0.5) is 0 Å². The molecule has 1 N–H and O–H groups in total. The lowest BCUT2D eigenvalue weighted by Crippen LogP contribution is -2.38. The minimum absolute atomic E-state index is 0. The molecular formula is C22H31ClIN5O. The Kier molecular flexibility index (Phi) is 9.48. The van der Waals surface area contributed by atoms with E-state index in [2.05, 4.69) is 15.2 Å². The number of piperidine rings is 1. The molecule has 1 aliphatic heterocycles. The van der Waals surface area contributed by atoms with Crippen molar-refractivity contribution in [3.8, 4) is 0 Å². The van der Waals surface area contributed by atoms with E-state index >= 15 is 0 Å². The Hall–Kier alpha value is -1.74. The first-order valence-electron chi connectivity index (χ1n) is 10.1. The maximum Gasteiger partial charge on any atom is 0.253 e. The van der Waals surface area contributed by atoms with Crippen LogP contribution >= 0.6 is 35.6 Å². The topological polar surface area (TPSA) is 52.9 Å². The maximum absolute atomic E-state index is 12.6. The molecule has 0 unspecified atom stereocenters. The van der Waals surface area contributed by atoms with Gasteiger partial charge in [-0.05, 0) is 43.0 Å². The van der Waals surface area contributed by atoms with Crippen LogP contribution in [0.1, 0.15) is 40.9 Å². The van der Waals surface area contributed by atoms with Crippen molar-refractivity contribution >= 4 is 47.4 Å². The number of hydrogen-bond acceptors (Lipinski definition) is 2. The van der Waals surface area contributed by atoms with Crippen molar-refractivity contribution in [3.63, 3.8) is 0 Å². The summed E-state index contributed by atoms with van der Waals surface area (Å²) < 4.78 is 2.02. The summed E-state index contributed by atoms with van der Waals surface area (Å²) >= 11 is 6.08. The highest BCUT2D eigenvalue weighted by Crippen LogP contribution is 2.15. The fourth-order valence-electron chi connectivity index (χ4n) is 3.65. The number of carbonyl (C=O) groups excluding carboxylic acids is 1. The summed E-state index contributed by atoms with van der Waals surface area (Å²) in [7, 11) is 5.76. The molecule has 0 bridgehead atoms. The molecule has 1 saturated heterocycles. The summed E-state index contributed by atoms with van der Waals surface area (Å²) in [5, 5.41) is 4.12. The molecule has 8 heteroatoms. The lowest BCUT2D eigenvalue weighted by molar-refractivity contribution is 0.0724. The van der Waals surface area contributed by atoms with E-state index in [0.29, 0.717) is 13.1 Å². The number of guanidine groups is 1. The lowest BCUT2D eigenvalue weighted by Gasteiger charge is -2.26. The van der Waals surface area contributed by atoms with Crippen LogP contribution in [-0.2, 0) is 20.1 Å². The second-order valence-electron chi connectivity index (χ2n) is 7.57. The molecule has 164 valence electrons. The van der Waals surface area contributed by atoms with E-state index in [-0.39, 0.29) is 29.9 Å². The van der Waals surface area contributed by atoms with Gasteiger partial charge in [-0.25, -0.2) is 0 Å². The van der Waals surface area contributed by atoms with Gasteiger partial charge in [0.2, 0.25) is 0 Å². The van der Waals surface area contributed by atoms with Gasteiger partial charge in [0.05, 0.1) is 11.6 Å².